The van der Waals surface area contributed by atoms with Crippen LogP contribution in [0.5, 0.6) is 0 Å². The molecule has 0 atom stereocenters. The molecule has 3 N–H and O–H groups in total. The summed E-state index contributed by atoms with van der Waals surface area (Å²) in [6.07, 6.45) is 0. The van der Waals surface area contributed by atoms with Gasteiger partial charge in [0, 0.05) is 4.47 Å². The zero-order chi connectivity index (χ0) is 13.6. The molecule has 0 spiro atoms. The van der Waals surface area contributed by atoms with Gasteiger partial charge in [0.1, 0.15) is 5.82 Å². The molecular formula is C13H14BrN5. The molecule has 0 aliphatic carbocycles. The van der Waals surface area contributed by atoms with E-state index >= 15 is 0 Å². The molecule has 0 saturated carbocycles. The largest absolute Gasteiger partial charge is 0.383 e. The van der Waals surface area contributed by atoms with Crippen LogP contribution >= 0.6 is 15.9 Å². The summed E-state index contributed by atoms with van der Waals surface area (Å²) in [4.78, 5) is 0. The van der Waals surface area contributed by atoms with Gasteiger partial charge in [-0.25, -0.2) is 4.68 Å². The SMILES string of the molecule is CC(C)c1nn(-c2ccccc2Br)c2n[nH]c(N)c12. The van der Waals surface area contributed by atoms with Crippen LogP contribution in [0.25, 0.3) is 16.7 Å². The van der Waals surface area contributed by atoms with E-state index in [0.29, 0.717) is 5.82 Å². The summed E-state index contributed by atoms with van der Waals surface area (Å²) in [5.74, 6) is 0.850. The summed E-state index contributed by atoms with van der Waals surface area (Å²) in [5, 5.41) is 12.7. The number of rotatable bonds is 2. The quantitative estimate of drug-likeness (QED) is 0.761. The van der Waals surface area contributed by atoms with Crippen LogP contribution in [0.1, 0.15) is 25.5 Å². The molecule has 0 bridgehead atoms. The summed E-state index contributed by atoms with van der Waals surface area (Å²) in [6.45, 7) is 4.19. The van der Waals surface area contributed by atoms with Crippen LogP contribution < -0.4 is 5.73 Å². The minimum atomic E-state index is 0.283. The zero-order valence-corrected chi connectivity index (χ0v) is 12.3. The van der Waals surface area contributed by atoms with Crippen molar-refractivity contribution < 1.29 is 0 Å². The highest BCUT2D eigenvalue weighted by molar-refractivity contribution is 9.10. The van der Waals surface area contributed by atoms with Gasteiger partial charge in [0.25, 0.3) is 0 Å². The molecule has 5 nitrogen and oxygen atoms in total. The topological polar surface area (TPSA) is 72.5 Å². The highest BCUT2D eigenvalue weighted by Crippen LogP contribution is 2.31. The lowest BCUT2D eigenvalue weighted by Crippen LogP contribution is -2.00. The van der Waals surface area contributed by atoms with Crippen LogP contribution in [0, 0.1) is 0 Å². The first-order valence-electron chi connectivity index (χ1n) is 6.07. The third-order valence-electron chi connectivity index (χ3n) is 3.07. The van der Waals surface area contributed by atoms with Gasteiger partial charge >= 0.3 is 0 Å². The van der Waals surface area contributed by atoms with Gasteiger partial charge in [-0.05, 0) is 34.0 Å². The van der Waals surface area contributed by atoms with Crippen LogP contribution in [0.15, 0.2) is 28.7 Å². The smallest absolute Gasteiger partial charge is 0.186 e. The third-order valence-corrected chi connectivity index (χ3v) is 3.74. The highest BCUT2D eigenvalue weighted by Gasteiger charge is 2.20. The maximum atomic E-state index is 5.96. The molecule has 0 aliphatic heterocycles. The van der Waals surface area contributed by atoms with Gasteiger partial charge in [0.15, 0.2) is 5.65 Å². The Hall–Kier alpha value is -1.82. The van der Waals surface area contributed by atoms with E-state index in [2.05, 4.69) is 45.1 Å². The van der Waals surface area contributed by atoms with Gasteiger partial charge < -0.3 is 5.73 Å². The van der Waals surface area contributed by atoms with Crippen LogP contribution in [0.4, 0.5) is 5.82 Å². The molecular weight excluding hydrogens is 306 g/mol. The van der Waals surface area contributed by atoms with Crippen molar-refractivity contribution in [1.29, 1.82) is 0 Å². The van der Waals surface area contributed by atoms with E-state index in [-0.39, 0.29) is 5.92 Å². The number of hydrogen-bond donors (Lipinski definition) is 2. The fraction of sp³-hybridized carbons (Fsp3) is 0.231. The van der Waals surface area contributed by atoms with Crippen molar-refractivity contribution in [3.05, 3.63) is 34.4 Å². The lowest BCUT2D eigenvalue weighted by Gasteiger charge is -2.04. The number of halogens is 1. The normalized spacial score (nSPS) is 11.6. The number of nitrogens with two attached hydrogens (primary N) is 1. The van der Waals surface area contributed by atoms with Crippen molar-refractivity contribution in [3.63, 3.8) is 0 Å². The van der Waals surface area contributed by atoms with E-state index in [9.17, 15) is 0 Å². The molecule has 2 aromatic heterocycles. The standard InChI is InChI=1S/C13H14BrN5/c1-7(2)11-10-12(15)16-17-13(10)19(18-11)9-6-4-3-5-8(9)14/h3-7H,1-2H3,(H3,15,16,17). The summed E-state index contributed by atoms with van der Waals surface area (Å²) in [5.41, 5.74) is 8.62. The molecule has 0 aliphatic rings. The number of benzene rings is 1. The molecule has 0 unspecified atom stereocenters. The Morgan fingerprint density at radius 3 is 2.74 bits per heavy atom. The number of anilines is 1. The number of H-pyrrole nitrogens is 1. The minimum Gasteiger partial charge on any atom is -0.383 e. The monoisotopic (exact) mass is 319 g/mol. The van der Waals surface area contributed by atoms with Crippen molar-refractivity contribution in [2.45, 2.75) is 19.8 Å². The molecule has 6 heteroatoms. The molecule has 2 heterocycles. The Kier molecular flexibility index (Phi) is 2.82. The second-order valence-electron chi connectivity index (χ2n) is 4.74. The number of fused-ring (bicyclic) bond motifs is 1. The number of nitrogens with one attached hydrogen (secondary N) is 1. The lowest BCUT2D eigenvalue weighted by molar-refractivity contribution is 0.771. The number of nitrogens with zero attached hydrogens (tertiary/aromatic N) is 3. The molecule has 98 valence electrons. The number of nitrogen functional groups attached to an aromatic ring is 1. The maximum absolute atomic E-state index is 5.96. The number of aromatic amines is 1. The second-order valence-corrected chi connectivity index (χ2v) is 5.59. The third kappa shape index (κ3) is 1.83. The number of aromatic nitrogens is 4. The molecule has 3 aromatic rings. The molecule has 3 rings (SSSR count). The van der Waals surface area contributed by atoms with E-state index in [1.54, 1.807) is 0 Å². The van der Waals surface area contributed by atoms with Crippen LogP contribution in [-0.2, 0) is 0 Å². The Labute approximate surface area is 118 Å². The van der Waals surface area contributed by atoms with Crippen molar-refractivity contribution >= 4 is 32.8 Å². The van der Waals surface area contributed by atoms with E-state index < -0.39 is 0 Å². The van der Waals surface area contributed by atoms with E-state index in [4.69, 9.17) is 5.73 Å². The molecule has 0 saturated heterocycles. The molecule has 0 amide bonds. The van der Waals surface area contributed by atoms with E-state index in [1.807, 2.05) is 28.9 Å². The summed E-state index contributed by atoms with van der Waals surface area (Å²) in [7, 11) is 0. The van der Waals surface area contributed by atoms with Gasteiger partial charge in [-0.3, -0.25) is 5.10 Å². The highest BCUT2D eigenvalue weighted by atomic mass is 79.9. The Bertz CT molecular complexity index is 741. The van der Waals surface area contributed by atoms with Gasteiger partial charge in [-0.2, -0.15) is 10.2 Å². The van der Waals surface area contributed by atoms with Crippen LogP contribution in [0.2, 0.25) is 0 Å². The molecule has 19 heavy (non-hydrogen) atoms. The Morgan fingerprint density at radius 1 is 1.32 bits per heavy atom. The Morgan fingerprint density at radius 2 is 2.05 bits per heavy atom. The van der Waals surface area contributed by atoms with Gasteiger partial charge in [0.2, 0.25) is 0 Å². The van der Waals surface area contributed by atoms with Crippen molar-refractivity contribution in [2.75, 3.05) is 5.73 Å². The average Bonchev–Trinajstić information content (AvgIpc) is 2.92. The van der Waals surface area contributed by atoms with Gasteiger partial charge in [-0.15, -0.1) is 0 Å². The minimum absolute atomic E-state index is 0.283. The summed E-state index contributed by atoms with van der Waals surface area (Å²) in [6, 6.07) is 7.91. The second kappa shape index (κ2) is 4.38. The first-order valence-corrected chi connectivity index (χ1v) is 6.86. The van der Waals surface area contributed by atoms with Crippen LogP contribution in [-0.4, -0.2) is 20.0 Å². The predicted octanol–water partition coefficient (Wildman–Crippen LogP) is 3.22. The first-order chi connectivity index (χ1) is 9.09. The van der Waals surface area contributed by atoms with Gasteiger partial charge in [-0.1, -0.05) is 26.0 Å². The van der Waals surface area contributed by atoms with Gasteiger partial charge in [0.05, 0.1) is 16.8 Å². The summed E-state index contributed by atoms with van der Waals surface area (Å²) < 4.78 is 2.79. The zero-order valence-electron chi connectivity index (χ0n) is 10.7. The molecule has 0 radical (unpaired) electrons. The predicted molar refractivity (Wildman–Crippen MR) is 79.4 cm³/mol. The fourth-order valence-electron chi connectivity index (χ4n) is 2.15. The maximum Gasteiger partial charge on any atom is 0.186 e. The van der Waals surface area contributed by atoms with Crippen molar-refractivity contribution in [1.82, 2.24) is 20.0 Å². The summed E-state index contributed by atoms with van der Waals surface area (Å²) >= 11 is 3.54. The number of hydrogen-bond acceptors (Lipinski definition) is 3. The van der Waals surface area contributed by atoms with Crippen LogP contribution in [0.3, 0.4) is 0 Å². The van der Waals surface area contributed by atoms with E-state index in [1.165, 1.54) is 0 Å². The number of para-hydroxylation sites is 1. The van der Waals surface area contributed by atoms with Crippen molar-refractivity contribution in [2.24, 2.45) is 0 Å². The molecule has 1 aromatic carbocycles. The van der Waals surface area contributed by atoms with Crippen molar-refractivity contribution in [3.8, 4) is 5.69 Å². The molecule has 0 fully saturated rings. The van der Waals surface area contributed by atoms with E-state index in [0.717, 1.165) is 26.9 Å². The fourth-order valence-corrected chi connectivity index (χ4v) is 2.60. The first kappa shape index (κ1) is 12.2. The lowest BCUT2D eigenvalue weighted by atomic mass is 10.1. The Balaban J connectivity index is 2.34. The average molecular weight is 320 g/mol.